The molecule has 192 valence electrons. The molecule has 0 aliphatic rings. The number of aromatic nitrogens is 1. The van der Waals surface area contributed by atoms with Gasteiger partial charge >= 0.3 is 5.97 Å². The van der Waals surface area contributed by atoms with Crippen molar-refractivity contribution in [2.45, 2.75) is 27.3 Å². The summed E-state index contributed by atoms with van der Waals surface area (Å²) in [7, 11) is 1.34. The van der Waals surface area contributed by atoms with Gasteiger partial charge in [0.2, 0.25) is 0 Å². The Kier molecular flexibility index (Phi) is 9.84. The number of rotatable bonds is 11. The average Bonchev–Trinajstić information content (AvgIpc) is 2.89. The van der Waals surface area contributed by atoms with Gasteiger partial charge in [-0.25, -0.2) is 4.79 Å². The minimum Gasteiger partial charge on any atom is -0.494 e. The van der Waals surface area contributed by atoms with Crippen molar-refractivity contribution < 1.29 is 14.3 Å². The van der Waals surface area contributed by atoms with Crippen molar-refractivity contribution >= 4 is 39.9 Å². The molecule has 36 heavy (non-hydrogen) atoms. The minimum atomic E-state index is -0.452. The maximum absolute atomic E-state index is 12.9. The van der Waals surface area contributed by atoms with Crippen LogP contribution in [-0.2, 0) is 11.3 Å². The summed E-state index contributed by atoms with van der Waals surface area (Å²) in [5, 5.41) is 4.50. The fraction of sp³-hybridized carbons (Fsp3) is 0.370. The first-order chi connectivity index (χ1) is 17.4. The Morgan fingerprint density at radius 1 is 1.06 bits per heavy atom. The molecule has 0 fully saturated rings. The Labute approximate surface area is 217 Å². The number of carbonyl (C=O) groups is 1. The van der Waals surface area contributed by atoms with Gasteiger partial charge in [-0.3, -0.25) is 4.79 Å². The van der Waals surface area contributed by atoms with Gasteiger partial charge in [-0.2, -0.15) is 0 Å². The van der Waals surface area contributed by atoms with E-state index in [1.165, 1.54) is 7.11 Å². The lowest BCUT2D eigenvalue weighted by Crippen LogP contribution is -2.41. The third kappa shape index (κ3) is 6.83. The molecule has 0 bridgehead atoms. The third-order valence-electron chi connectivity index (χ3n) is 6.01. The number of pyridine rings is 1. The lowest BCUT2D eigenvalue weighted by atomic mass is 10.1. The second-order valence-electron chi connectivity index (χ2n) is 8.22. The Morgan fingerprint density at radius 2 is 1.81 bits per heavy atom. The smallest absolute Gasteiger partial charge is 0.339 e. The predicted octanol–water partition coefficient (Wildman–Crippen LogP) is 4.25. The summed E-state index contributed by atoms with van der Waals surface area (Å²) >= 11 is 5.77. The highest BCUT2D eigenvalue weighted by molar-refractivity contribution is 7.80. The normalized spacial score (nSPS) is 10.9. The molecule has 0 unspecified atom stereocenters. The Bertz CT molecular complexity index is 1260. The van der Waals surface area contributed by atoms with Crippen molar-refractivity contribution in [1.82, 2.24) is 14.8 Å². The number of carbonyl (C=O) groups excluding carboxylic acids is 1. The summed E-state index contributed by atoms with van der Waals surface area (Å²) in [6.45, 7) is 10.2. The van der Waals surface area contributed by atoms with E-state index in [1.807, 2.05) is 42.2 Å². The lowest BCUT2D eigenvalue weighted by Gasteiger charge is -2.29. The topological polar surface area (TPSA) is 86.9 Å². The Hall–Kier alpha value is -3.43. The molecule has 1 heterocycles. The van der Waals surface area contributed by atoms with Gasteiger partial charge in [-0.1, -0.05) is 26.0 Å². The van der Waals surface area contributed by atoms with Gasteiger partial charge in [0, 0.05) is 29.6 Å². The van der Waals surface area contributed by atoms with Crippen LogP contribution >= 0.6 is 12.2 Å². The zero-order valence-electron chi connectivity index (χ0n) is 21.3. The van der Waals surface area contributed by atoms with Crippen molar-refractivity contribution in [3.63, 3.8) is 0 Å². The monoisotopic (exact) mass is 510 g/mol. The summed E-state index contributed by atoms with van der Waals surface area (Å²) < 4.78 is 10.5. The second kappa shape index (κ2) is 13.0. The van der Waals surface area contributed by atoms with Gasteiger partial charge in [0.05, 0.1) is 31.5 Å². The van der Waals surface area contributed by atoms with Crippen LogP contribution in [0.15, 0.2) is 53.3 Å². The minimum absolute atomic E-state index is 0.169. The van der Waals surface area contributed by atoms with Crippen molar-refractivity contribution in [2.24, 2.45) is 0 Å². The molecule has 2 N–H and O–H groups in total. The SMILES string of the molecule is CCOc1ccc2[nH]c(=O)c(CN(CCN(CC)CC)C(=S)Nc3ccccc3C(=O)OC)cc2c1. The molecule has 0 amide bonds. The van der Waals surface area contributed by atoms with Crippen LogP contribution in [-0.4, -0.2) is 65.8 Å². The number of anilines is 1. The van der Waals surface area contributed by atoms with E-state index < -0.39 is 5.97 Å². The largest absolute Gasteiger partial charge is 0.494 e. The molecule has 0 radical (unpaired) electrons. The highest BCUT2D eigenvalue weighted by Crippen LogP contribution is 2.21. The number of esters is 1. The number of para-hydroxylation sites is 1. The van der Waals surface area contributed by atoms with E-state index in [1.54, 1.807) is 18.2 Å². The molecule has 8 nitrogen and oxygen atoms in total. The van der Waals surface area contributed by atoms with Gasteiger partial charge in [0.1, 0.15) is 5.75 Å². The Morgan fingerprint density at radius 3 is 2.50 bits per heavy atom. The van der Waals surface area contributed by atoms with E-state index in [0.717, 1.165) is 36.3 Å². The highest BCUT2D eigenvalue weighted by Gasteiger charge is 2.18. The van der Waals surface area contributed by atoms with Gasteiger partial charge in [0.15, 0.2) is 5.11 Å². The highest BCUT2D eigenvalue weighted by atomic mass is 32.1. The van der Waals surface area contributed by atoms with Crippen LogP contribution in [0.3, 0.4) is 0 Å². The quantitative estimate of drug-likeness (QED) is 0.292. The van der Waals surface area contributed by atoms with E-state index in [4.69, 9.17) is 21.7 Å². The molecule has 0 aliphatic carbocycles. The molecule has 0 aliphatic heterocycles. The first kappa shape index (κ1) is 27.2. The molecule has 3 rings (SSSR count). The molecular weight excluding hydrogens is 476 g/mol. The lowest BCUT2D eigenvalue weighted by molar-refractivity contribution is 0.0602. The number of fused-ring (bicyclic) bond motifs is 1. The van der Waals surface area contributed by atoms with E-state index in [0.29, 0.717) is 41.6 Å². The number of hydrogen-bond acceptors (Lipinski definition) is 6. The van der Waals surface area contributed by atoms with Gasteiger partial charge in [-0.05, 0) is 68.6 Å². The molecule has 0 saturated heterocycles. The number of thiocarbonyl (C=S) groups is 1. The fourth-order valence-corrected chi connectivity index (χ4v) is 4.20. The molecule has 2 aromatic carbocycles. The van der Waals surface area contributed by atoms with Crippen LogP contribution in [0.1, 0.15) is 36.7 Å². The second-order valence-corrected chi connectivity index (χ2v) is 8.61. The van der Waals surface area contributed by atoms with Crippen LogP contribution in [0.25, 0.3) is 10.9 Å². The van der Waals surface area contributed by atoms with Gasteiger partial charge in [0.25, 0.3) is 5.56 Å². The molecule has 3 aromatic rings. The van der Waals surface area contributed by atoms with Crippen molar-refractivity contribution in [2.75, 3.05) is 45.2 Å². The number of methoxy groups -OCH3 is 1. The first-order valence-electron chi connectivity index (χ1n) is 12.1. The summed E-state index contributed by atoms with van der Waals surface area (Å²) in [5.41, 5.74) is 2.10. The summed E-state index contributed by atoms with van der Waals surface area (Å²) in [6.07, 6.45) is 0. The van der Waals surface area contributed by atoms with Crippen LogP contribution in [0.2, 0.25) is 0 Å². The van der Waals surface area contributed by atoms with Crippen molar-refractivity contribution in [1.29, 1.82) is 0 Å². The number of aromatic amines is 1. The van der Waals surface area contributed by atoms with Gasteiger partial charge < -0.3 is 29.6 Å². The molecule has 9 heteroatoms. The van der Waals surface area contributed by atoms with Crippen LogP contribution in [0.5, 0.6) is 5.75 Å². The van der Waals surface area contributed by atoms with Crippen LogP contribution in [0, 0.1) is 0 Å². The third-order valence-corrected chi connectivity index (χ3v) is 6.37. The number of nitrogens with one attached hydrogen (secondary N) is 2. The van der Waals surface area contributed by atoms with Gasteiger partial charge in [-0.15, -0.1) is 0 Å². The average molecular weight is 511 g/mol. The maximum atomic E-state index is 12.9. The summed E-state index contributed by atoms with van der Waals surface area (Å²) in [4.78, 5) is 32.4. The zero-order chi connectivity index (χ0) is 26.1. The van der Waals surface area contributed by atoms with E-state index in [-0.39, 0.29) is 5.56 Å². The number of benzene rings is 2. The summed E-state index contributed by atoms with van der Waals surface area (Å²) in [6, 6.07) is 14.5. The van der Waals surface area contributed by atoms with E-state index in [2.05, 4.69) is 29.0 Å². The first-order valence-corrected chi connectivity index (χ1v) is 12.5. The molecule has 0 saturated carbocycles. The molecular formula is C27H34N4O4S. The van der Waals surface area contributed by atoms with Crippen LogP contribution in [0.4, 0.5) is 5.69 Å². The number of hydrogen-bond donors (Lipinski definition) is 2. The Balaban J connectivity index is 1.91. The number of ether oxygens (including phenoxy) is 2. The fourth-order valence-electron chi connectivity index (χ4n) is 3.94. The molecule has 1 aromatic heterocycles. The number of nitrogens with zero attached hydrogens (tertiary/aromatic N) is 2. The summed E-state index contributed by atoms with van der Waals surface area (Å²) in [5.74, 6) is 0.296. The van der Waals surface area contributed by atoms with Crippen LogP contribution < -0.4 is 15.6 Å². The molecule has 0 atom stereocenters. The maximum Gasteiger partial charge on any atom is 0.339 e. The standard InChI is InChI=1S/C27H34N4O4S/c1-5-30(6-2)14-15-31(27(36)29-24-11-9-8-10-22(24)26(33)34-4)18-20-16-19-17-21(35-7-3)12-13-23(19)28-25(20)32/h8-13,16-17H,5-7,14-15,18H2,1-4H3,(H,28,32)(H,29,36). The van der Waals surface area contributed by atoms with E-state index >= 15 is 0 Å². The van der Waals surface area contributed by atoms with Crippen molar-refractivity contribution in [3.8, 4) is 5.75 Å². The van der Waals surface area contributed by atoms with E-state index in [9.17, 15) is 9.59 Å². The zero-order valence-corrected chi connectivity index (χ0v) is 22.1. The molecule has 0 spiro atoms. The number of H-pyrrole nitrogens is 1. The number of likely N-dealkylation sites (N-methyl/N-ethyl adjacent to an activating group) is 1. The van der Waals surface area contributed by atoms with Crippen molar-refractivity contribution in [3.05, 3.63) is 70.0 Å². The predicted molar refractivity (Wildman–Crippen MR) is 148 cm³/mol.